The molecule has 0 bridgehead atoms. The van der Waals surface area contributed by atoms with Crippen molar-refractivity contribution < 1.29 is 0 Å². The van der Waals surface area contributed by atoms with Gasteiger partial charge in [0, 0.05) is 42.4 Å². The van der Waals surface area contributed by atoms with E-state index in [1.54, 1.807) is 0 Å². The molecule has 0 N–H and O–H groups in total. The lowest BCUT2D eigenvalue weighted by molar-refractivity contribution is 0.796. The molecule has 3 nitrogen and oxygen atoms in total. The van der Waals surface area contributed by atoms with Crippen molar-refractivity contribution in [3.8, 4) is 78.7 Å². The quantitative estimate of drug-likeness (QED) is 0.174. The van der Waals surface area contributed by atoms with E-state index in [4.69, 9.17) is 15.0 Å². The van der Waals surface area contributed by atoms with E-state index in [9.17, 15) is 0 Å². The molecule has 1 spiro atoms. The fourth-order valence-corrected chi connectivity index (χ4v) is 11.7. The Morgan fingerprint density at radius 2 is 0.694 bits per heavy atom. The van der Waals surface area contributed by atoms with E-state index in [1.165, 1.54) is 75.8 Å². The van der Waals surface area contributed by atoms with Crippen LogP contribution in [0.2, 0.25) is 0 Å². The van der Waals surface area contributed by atoms with Gasteiger partial charge in [0.05, 0.1) is 5.41 Å². The molecule has 0 atom stereocenters. The van der Waals surface area contributed by atoms with Crippen molar-refractivity contribution in [2.24, 2.45) is 0 Å². The molecule has 0 saturated heterocycles. The molecule has 62 heavy (non-hydrogen) atoms. The van der Waals surface area contributed by atoms with Crippen LogP contribution in [0.5, 0.6) is 0 Å². The van der Waals surface area contributed by atoms with Crippen LogP contribution in [0.15, 0.2) is 212 Å². The van der Waals surface area contributed by atoms with Gasteiger partial charge in [0.25, 0.3) is 0 Å². The van der Waals surface area contributed by atoms with Gasteiger partial charge in [0.2, 0.25) is 0 Å². The second kappa shape index (κ2) is 13.6. The molecule has 9 aromatic carbocycles. The summed E-state index contributed by atoms with van der Waals surface area (Å²) < 4.78 is 2.53. The first-order valence-corrected chi connectivity index (χ1v) is 21.9. The Bertz CT molecular complexity index is 3540. The van der Waals surface area contributed by atoms with Crippen molar-refractivity contribution in [1.29, 1.82) is 0 Å². The van der Waals surface area contributed by atoms with E-state index < -0.39 is 5.41 Å². The van der Waals surface area contributed by atoms with E-state index in [2.05, 4.69) is 194 Å². The first-order valence-electron chi connectivity index (χ1n) is 21.1. The highest BCUT2D eigenvalue weighted by Crippen LogP contribution is 2.64. The lowest BCUT2D eigenvalue weighted by Gasteiger charge is -2.32. The molecule has 0 saturated carbocycles. The molecule has 0 aliphatic heterocycles. The van der Waals surface area contributed by atoms with Gasteiger partial charge in [-0.2, -0.15) is 0 Å². The highest BCUT2D eigenvalue weighted by Gasteiger charge is 2.52. The maximum atomic E-state index is 5.47. The molecule has 13 rings (SSSR count). The van der Waals surface area contributed by atoms with Gasteiger partial charge in [-0.1, -0.05) is 206 Å². The monoisotopic (exact) mass is 805 g/mol. The number of aromatic nitrogens is 3. The van der Waals surface area contributed by atoms with Crippen molar-refractivity contribution in [3.63, 3.8) is 0 Å². The standard InChI is InChI=1S/C58H35N3S/c1-2-18-36(19-3-1)55-59-56(61-57(60-55)48-27-7-5-21-38(48)45-30-17-31-46-42-25-11-15-35-52(42)62-54(45)46)47-26-6-4-20-37(47)43-28-16-29-44-41-24-10-14-34-51(41)58(53(43)44)49-32-12-8-22-39(49)40-23-9-13-33-50(40)58/h1-35H. The Balaban J connectivity index is 1.06. The van der Waals surface area contributed by atoms with Crippen LogP contribution in [0, 0.1) is 0 Å². The molecule has 11 aromatic rings. The zero-order valence-electron chi connectivity index (χ0n) is 33.5. The number of hydrogen-bond acceptors (Lipinski definition) is 4. The smallest absolute Gasteiger partial charge is 0.164 e. The van der Waals surface area contributed by atoms with Gasteiger partial charge in [-0.05, 0) is 67.3 Å². The summed E-state index contributed by atoms with van der Waals surface area (Å²) in [7, 11) is 0. The summed E-state index contributed by atoms with van der Waals surface area (Å²) in [5.74, 6) is 1.91. The summed E-state index contributed by atoms with van der Waals surface area (Å²) in [5.41, 5.74) is 17.2. The average Bonchev–Trinajstić information content (AvgIpc) is 3.99. The lowest BCUT2D eigenvalue weighted by Crippen LogP contribution is -2.26. The maximum Gasteiger partial charge on any atom is 0.164 e. The van der Waals surface area contributed by atoms with E-state index in [0.29, 0.717) is 17.5 Å². The number of thiophene rings is 1. The minimum Gasteiger partial charge on any atom is -0.208 e. The van der Waals surface area contributed by atoms with Crippen LogP contribution < -0.4 is 0 Å². The molecule has 2 heterocycles. The second-order valence-corrected chi connectivity index (χ2v) is 17.2. The highest BCUT2D eigenvalue weighted by atomic mass is 32.1. The van der Waals surface area contributed by atoms with Crippen molar-refractivity contribution in [2.75, 3.05) is 0 Å². The highest BCUT2D eigenvalue weighted by molar-refractivity contribution is 7.26. The summed E-state index contributed by atoms with van der Waals surface area (Å²) in [6.07, 6.45) is 0. The second-order valence-electron chi connectivity index (χ2n) is 16.2. The number of fused-ring (bicyclic) bond motifs is 13. The SMILES string of the molecule is c1ccc(-c2nc(-c3ccccc3-c3cccc4c3C3(c5ccccc5-c5ccccc53)c3ccccc3-4)nc(-c3ccccc3-c3cccc4c3sc3ccccc34)n2)cc1. The van der Waals surface area contributed by atoms with Crippen molar-refractivity contribution in [2.45, 2.75) is 5.41 Å². The Kier molecular flexibility index (Phi) is 7.69. The number of rotatable bonds is 5. The van der Waals surface area contributed by atoms with Crippen LogP contribution in [0.4, 0.5) is 0 Å². The molecule has 0 radical (unpaired) electrons. The van der Waals surface area contributed by atoms with Gasteiger partial charge in [-0.3, -0.25) is 0 Å². The Labute approximate surface area is 363 Å². The summed E-state index contributed by atoms with van der Waals surface area (Å²) in [6.45, 7) is 0. The van der Waals surface area contributed by atoms with Gasteiger partial charge in [-0.15, -0.1) is 11.3 Å². The predicted molar refractivity (Wildman–Crippen MR) is 256 cm³/mol. The molecule has 2 aliphatic carbocycles. The van der Waals surface area contributed by atoms with Crippen LogP contribution >= 0.6 is 11.3 Å². The van der Waals surface area contributed by atoms with Crippen molar-refractivity contribution in [3.05, 3.63) is 235 Å². The third-order valence-electron chi connectivity index (χ3n) is 13.0. The minimum atomic E-state index is -0.505. The zero-order valence-corrected chi connectivity index (χ0v) is 34.3. The molecule has 288 valence electrons. The first kappa shape index (κ1) is 35.0. The van der Waals surface area contributed by atoms with Gasteiger partial charge in [0.15, 0.2) is 17.5 Å². The van der Waals surface area contributed by atoms with E-state index >= 15 is 0 Å². The molecule has 2 aliphatic rings. The van der Waals surface area contributed by atoms with Gasteiger partial charge < -0.3 is 0 Å². The summed E-state index contributed by atoms with van der Waals surface area (Å²) in [4.78, 5) is 16.1. The molecule has 0 unspecified atom stereocenters. The fraction of sp³-hybridized carbons (Fsp3) is 0.0172. The minimum absolute atomic E-state index is 0.505. The van der Waals surface area contributed by atoms with Crippen molar-refractivity contribution >= 4 is 31.5 Å². The fourth-order valence-electron chi connectivity index (χ4n) is 10.5. The number of nitrogens with zero attached hydrogens (tertiary/aromatic N) is 3. The van der Waals surface area contributed by atoms with Crippen LogP contribution in [-0.4, -0.2) is 15.0 Å². The number of hydrogen-bond donors (Lipinski definition) is 0. The molecular formula is C58H35N3S. The van der Waals surface area contributed by atoms with Crippen molar-refractivity contribution in [1.82, 2.24) is 15.0 Å². The average molecular weight is 806 g/mol. The Morgan fingerprint density at radius 1 is 0.290 bits per heavy atom. The summed E-state index contributed by atoms with van der Waals surface area (Å²) in [5, 5.41) is 2.54. The Morgan fingerprint density at radius 3 is 1.32 bits per heavy atom. The van der Waals surface area contributed by atoms with Gasteiger partial charge >= 0.3 is 0 Å². The van der Waals surface area contributed by atoms with Crippen LogP contribution in [0.25, 0.3) is 98.8 Å². The molecule has 4 heteroatoms. The van der Waals surface area contributed by atoms with Crippen LogP contribution in [0.3, 0.4) is 0 Å². The van der Waals surface area contributed by atoms with E-state index in [-0.39, 0.29) is 0 Å². The molecule has 0 fully saturated rings. The lowest BCUT2D eigenvalue weighted by atomic mass is 9.68. The molecule has 2 aromatic heterocycles. The van der Waals surface area contributed by atoms with E-state index in [1.807, 2.05) is 29.5 Å². The molecule has 0 amide bonds. The summed E-state index contributed by atoms with van der Waals surface area (Å²) in [6, 6.07) is 76.6. The number of benzene rings is 9. The van der Waals surface area contributed by atoms with Crippen LogP contribution in [0.1, 0.15) is 22.3 Å². The summed E-state index contributed by atoms with van der Waals surface area (Å²) >= 11 is 1.84. The van der Waals surface area contributed by atoms with Gasteiger partial charge in [-0.25, -0.2) is 15.0 Å². The zero-order chi connectivity index (χ0) is 40.8. The topological polar surface area (TPSA) is 38.7 Å². The van der Waals surface area contributed by atoms with E-state index in [0.717, 1.165) is 27.8 Å². The van der Waals surface area contributed by atoms with Gasteiger partial charge in [0.1, 0.15) is 0 Å². The molecular weight excluding hydrogens is 771 g/mol. The first-order chi connectivity index (χ1) is 30.8. The largest absolute Gasteiger partial charge is 0.208 e. The van der Waals surface area contributed by atoms with Crippen LogP contribution in [-0.2, 0) is 5.41 Å². The predicted octanol–water partition coefficient (Wildman–Crippen LogP) is 14.9. The normalized spacial score (nSPS) is 13.0. The maximum absolute atomic E-state index is 5.47. The Hall–Kier alpha value is -7.79. The third-order valence-corrected chi connectivity index (χ3v) is 14.2. The third kappa shape index (κ3) is 4.96.